The molecule has 0 saturated carbocycles. The lowest BCUT2D eigenvalue weighted by Crippen LogP contribution is -2.38. The van der Waals surface area contributed by atoms with Gasteiger partial charge in [0.1, 0.15) is 11.4 Å². The van der Waals surface area contributed by atoms with Gasteiger partial charge < -0.3 is 20.6 Å². The first-order valence-electron chi connectivity index (χ1n) is 6.62. The van der Waals surface area contributed by atoms with E-state index < -0.39 is 5.91 Å². The van der Waals surface area contributed by atoms with Crippen molar-refractivity contribution < 1.29 is 14.6 Å². The standard InChI is InChI=1S/C14H17ClN4O3/c1-19(14(16)17)13(21)10-7-8-9(15)3-4-11(12(8)18-10)22-6-2-5-20/h3-4,7,18,20H,2,5-6H2,1H3,(H3,16,17). The molecule has 0 unspecified atom stereocenters. The first-order chi connectivity index (χ1) is 10.5. The number of nitrogens with two attached hydrogens (primary N) is 1. The minimum absolute atomic E-state index is 0.0363. The fraction of sp³-hybridized carbons (Fsp3) is 0.286. The minimum atomic E-state index is -0.443. The van der Waals surface area contributed by atoms with Gasteiger partial charge in [-0.2, -0.15) is 0 Å². The van der Waals surface area contributed by atoms with Gasteiger partial charge in [0.15, 0.2) is 5.96 Å². The molecule has 5 N–H and O–H groups in total. The Morgan fingerprint density at radius 1 is 1.55 bits per heavy atom. The highest BCUT2D eigenvalue weighted by Gasteiger charge is 2.18. The molecule has 2 aromatic rings. The Balaban J connectivity index is 2.39. The number of aromatic amines is 1. The number of halogens is 1. The number of guanidine groups is 1. The summed E-state index contributed by atoms with van der Waals surface area (Å²) in [5.41, 5.74) is 6.16. The number of nitrogens with one attached hydrogen (secondary N) is 2. The summed E-state index contributed by atoms with van der Waals surface area (Å²) in [4.78, 5) is 16.2. The first kappa shape index (κ1) is 16.1. The zero-order chi connectivity index (χ0) is 16.3. The highest BCUT2D eigenvalue weighted by Crippen LogP contribution is 2.32. The second kappa shape index (κ2) is 6.67. The first-order valence-corrected chi connectivity index (χ1v) is 7.00. The van der Waals surface area contributed by atoms with Gasteiger partial charge in [0.05, 0.1) is 17.1 Å². The number of fused-ring (bicyclic) bond motifs is 1. The Labute approximate surface area is 132 Å². The molecular weight excluding hydrogens is 308 g/mol. The lowest BCUT2D eigenvalue weighted by molar-refractivity contribution is 0.0864. The topological polar surface area (TPSA) is 115 Å². The number of aliphatic hydroxyl groups excluding tert-OH is 1. The fourth-order valence-corrected chi connectivity index (χ4v) is 2.14. The fourth-order valence-electron chi connectivity index (χ4n) is 1.93. The van der Waals surface area contributed by atoms with Crippen LogP contribution in [0.15, 0.2) is 18.2 Å². The van der Waals surface area contributed by atoms with Crippen molar-refractivity contribution in [2.75, 3.05) is 20.3 Å². The van der Waals surface area contributed by atoms with Crippen LogP contribution in [0.5, 0.6) is 5.75 Å². The smallest absolute Gasteiger partial charge is 0.276 e. The average molecular weight is 325 g/mol. The number of aliphatic hydroxyl groups is 1. The molecule has 0 aliphatic rings. The van der Waals surface area contributed by atoms with Gasteiger partial charge in [-0.3, -0.25) is 15.1 Å². The minimum Gasteiger partial charge on any atom is -0.491 e. The third-order valence-electron chi connectivity index (χ3n) is 3.16. The SMILES string of the molecule is CN(C(=N)N)C(=O)c1cc2c(Cl)ccc(OCCCO)c2[nH]1. The molecule has 0 radical (unpaired) electrons. The van der Waals surface area contributed by atoms with Gasteiger partial charge in [-0.15, -0.1) is 0 Å². The van der Waals surface area contributed by atoms with Crippen molar-refractivity contribution in [3.63, 3.8) is 0 Å². The van der Waals surface area contributed by atoms with Crippen molar-refractivity contribution in [2.24, 2.45) is 5.73 Å². The predicted molar refractivity (Wildman–Crippen MR) is 84.5 cm³/mol. The van der Waals surface area contributed by atoms with Crippen LogP contribution in [-0.2, 0) is 0 Å². The van der Waals surface area contributed by atoms with Crippen LogP contribution in [0.2, 0.25) is 5.02 Å². The van der Waals surface area contributed by atoms with Crippen molar-refractivity contribution in [1.29, 1.82) is 5.41 Å². The summed E-state index contributed by atoms with van der Waals surface area (Å²) >= 11 is 6.14. The van der Waals surface area contributed by atoms with E-state index in [9.17, 15) is 4.79 Å². The lowest BCUT2D eigenvalue weighted by atomic mass is 10.2. The lowest BCUT2D eigenvalue weighted by Gasteiger charge is -2.12. The van der Waals surface area contributed by atoms with Crippen LogP contribution in [0.3, 0.4) is 0 Å². The maximum absolute atomic E-state index is 12.2. The molecule has 0 aliphatic carbocycles. The number of carbonyl (C=O) groups excluding carboxylic acids is 1. The summed E-state index contributed by atoms with van der Waals surface area (Å²) in [6.45, 7) is 0.386. The molecule has 7 nitrogen and oxygen atoms in total. The zero-order valence-electron chi connectivity index (χ0n) is 12.0. The molecule has 0 fully saturated rings. The third-order valence-corrected chi connectivity index (χ3v) is 3.49. The molecule has 1 amide bonds. The Hall–Kier alpha value is -2.25. The number of carbonyl (C=O) groups is 1. The molecule has 0 atom stereocenters. The molecule has 8 heteroatoms. The van der Waals surface area contributed by atoms with E-state index in [-0.39, 0.29) is 18.3 Å². The van der Waals surface area contributed by atoms with Gasteiger partial charge >= 0.3 is 0 Å². The molecule has 0 aliphatic heterocycles. The maximum atomic E-state index is 12.2. The van der Waals surface area contributed by atoms with Crippen LogP contribution in [0.25, 0.3) is 10.9 Å². The summed E-state index contributed by atoms with van der Waals surface area (Å²) in [5.74, 6) is -0.257. The van der Waals surface area contributed by atoms with Gasteiger partial charge in [0.25, 0.3) is 5.91 Å². The number of hydrogen-bond donors (Lipinski definition) is 4. The van der Waals surface area contributed by atoms with Gasteiger partial charge in [-0.25, -0.2) is 0 Å². The Kier molecular flexibility index (Phi) is 4.89. The molecule has 1 heterocycles. The molecule has 1 aromatic carbocycles. The molecule has 1 aromatic heterocycles. The number of aromatic nitrogens is 1. The van der Waals surface area contributed by atoms with E-state index in [0.29, 0.717) is 34.7 Å². The van der Waals surface area contributed by atoms with Gasteiger partial charge in [0.2, 0.25) is 0 Å². The van der Waals surface area contributed by atoms with Crippen LogP contribution >= 0.6 is 11.6 Å². The number of ether oxygens (including phenoxy) is 1. The van der Waals surface area contributed by atoms with Gasteiger partial charge in [-0.1, -0.05) is 11.6 Å². The van der Waals surface area contributed by atoms with E-state index in [1.54, 1.807) is 18.2 Å². The predicted octanol–water partition coefficient (Wildman–Crippen LogP) is 1.55. The zero-order valence-corrected chi connectivity index (χ0v) is 12.8. The van der Waals surface area contributed by atoms with Crippen molar-refractivity contribution in [3.05, 3.63) is 28.9 Å². The van der Waals surface area contributed by atoms with Crippen LogP contribution in [0.4, 0.5) is 0 Å². The van der Waals surface area contributed by atoms with Gasteiger partial charge in [-0.05, 0) is 18.2 Å². The Morgan fingerprint density at radius 2 is 2.27 bits per heavy atom. The molecule has 22 heavy (non-hydrogen) atoms. The molecule has 118 valence electrons. The number of nitrogens with zero attached hydrogens (tertiary/aromatic N) is 1. The third kappa shape index (κ3) is 3.15. The van der Waals surface area contributed by atoms with Crippen molar-refractivity contribution in [1.82, 2.24) is 9.88 Å². The number of amides is 1. The highest BCUT2D eigenvalue weighted by atomic mass is 35.5. The monoisotopic (exact) mass is 324 g/mol. The molecule has 0 spiro atoms. The summed E-state index contributed by atoms with van der Waals surface area (Å²) in [7, 11) is 1.41. The van der Waals surface area contributed by atoms with Crippen LogP contribution in [0, 0.1) is 5.41 Å². The molecule has 2 rings (SSSR count). The van der Waals surface area contributed by atoms with Gasteiger partial charge in [0, 0.05) is 25.5 Å². The summed E-state index contributed by atoms with van der Waals surface area (Å²) in [6, 6.07) is 4.97. The normalized spacial score (nSPS) is 10.7. The van der Waals surface area contributed by atoms with Crippen LogP contribution in [0.1, 0.15) is 16.9 Å². The quantitative estimate of drug-likeness (QED) is 0.379. The summed E-state index contributed by atoms with van der Waals surface area (Å²) in [6.07, 6.45) is 0.504. The molecule has 0 saturated heterocycles. The van der Waals surface area contributed by atoms with Crippen LogP contribution in [-0.4, -0.2) is 47.1 Å². The van der Waals surface area contributed by atoms with Crippen molar-refractivity contribution >= 4 is 34.4 Å². The second-order valence-electron chi connectivity index (χ2n) is 4.69. The van der Waals surface area contributed by atoms with E-state index in [0.717, 1.165) is 4.90 Å². The summed E-state index contributed by atoms with van der Waals surface area (Å²) in [5, 5.41) is 17.2. The molecule has 0 bridgehead atoms. The highest BCUT2D eigenvalue weighted by molar-refractivity contribution is 6.35. The largest absolute Gasteiger partial charge is 0.491 e. The number of benzene rings is 1. The Morgan fingerprint density at radius 3 is 2.91 bits per heavy atom. The number of rotatable bonds is 5. The van der Waals surface area contributed by atoms with Crippen LogP contribution < -0.4 is 10.5 Å². The molecular formula is C14H17ClN4O3. The van der Waals surface area contributed by atoms with E-state index in [2.05, 4.69) is 4.98 Å². The average Bonchev–Trinajstić information content (AvgIpc) is 2.94. The number of H-pyrrole nitrogens is 1. The van der Waals surface area contributed by atoms with Crippen molar-refractivity contribution in [2.45, 2.75) is 6.42 Å². The summed E-state index contributed by atoms with van der Waals surface area (Å²) < 4.78 is 5.57. The van der Waals surface area contributed by atoms with E-state index in [1.165, 1.54) is 7.05 Å². The van der Waals surface area contributed by atoms with E-state index in [4.69, 9.17) is 32.6 Å². The Bertz CT molecular complexity index is 713. The van der Waals surface area contributed by atoms with E-state index >= 15 is 0 Å². The van der Waals surface area contributed by atoms with Crippen molar-refractivity contribution in [3.8, 4) is 5.75 Å². The van der Waals surface area contributed by atoms with E-state index in [1.807, 2.05) is 0 Å². The second-order valence-corrected chi connectivity index (χ2v) is 5.10. The number of hydrogen-bond acceptors (Lipinski definition) is 4. The maximum Gasteiger partial charge on any atom is 0.276 e.